The number of carbonyl (C=O) groups is 2. The Hall–Kier alpha value is -3.45. The van der Waals surface area contributed by atoms with Crippen LogP contribution < -0.4 is 15.2 Å². The molecule has 0 aliphatic carbocycles. The minimum Gasteiger partial charge on any atom is -0.493 e. The molecule has 0 radical (unpaired) electrons. The topological polar surface area (TPSA) is 94.8 Å². The summed E-state index contributed by atoms with van der Waals surface area (Å²) in [5.74, 6) is 0.732. The quantitative estimate of drug-likeness (QED) is 0.530. The molecule has 2 amide bonds. The van der Waals surface area contributed by atoms with Gasteiger partial charge in [-0.2, -0.15) is 0 Å². The Balaban J connectivity index is 1.59. The lowest BCUT2D eigenvalue weighted by Crippen LogP contribution is -2.57. The second-order valence-electron chi connectivity index (χ2n) is 9.32. The summed E-state index contributed by atoms with van der Waals surface area (Å²) in [6.07, 6.45) is 4.78. The molecule has 178 valence electrons. The van der Waals surface area contributed by atoms with E-state index in [0.717, 1.165) is 27.5 Å². The number of nitrogens with two attached hydrogens (primary N) is 1. The molecule has 0 saturated heterocycles. The molecule has 0 fully saturated rings. The van der Waals surface area contributed by atoms with Crippen LogP contribution in [0.15, 0.2) is 36.7 Å². The monoisotopic (exact) mass is 461 g/mol. The first-order chi connectivity index (χ1) is 16.1. The van der Waals surface area contributed by atoms with Crippen LogP contribution in [0.5, 0.6) is 11.5 Å². The van der Waals surface area contributed by atoms with Gasteiger partial charge in [0.15, 0.2) is 11.5 Å². The first-order valence-electron chi connectivity index (χ1n) is 11.4. The number of imide groups is 1. The van der Waals surface area contributed by atoms with Crippen LogP contribution in [0.1, 0.15) is 57.7 Å². The molecule has 0 saturated carbocycles. The molecule has 34 heavy (non-hydrogen) atoms. The maximum absolute atomic E-state index is 13.3. The van der Waals surface area contributed by atoms with E-state index in [4.69, 9.17) is 15.2 Å². The van der Waals surface area contributed by atoms with Crippen molar-refractivity contribution in [3.8, 4) is 11.5 Å². The van der Waals surface area contributed by atoms with E-state index in [9.17, 15) is 9.59 Å². The van der Waals surface area contributed by atoms with E-state index in [0.29, 0.717) is 35.5 Å². The number of amides is 2. The highest BCUT2D eigenvalue weighted by Crippen LogP contribution is 2.35. The summed E-state index contributed by atoms with van der Waals surface area (Å²) in [7, 11) is 3.21. The molecule has 2 heterocycles. The van der Waals surface area contributed by atoms with Gasteiger partial charge in [-0.15, -0.1) is 0 Å². The molecule has 4 rings (SSSR count). The summed E-state index contributed by atoms with van der Waals surface area (Å²) < 4.78 is 10.9. The van der Waals surface area contributed by atoms with Crippen molar-refractivity contribution < 1.29 is 19.1 Å². The van der Waals surface area contributed by atoms with Gasteiger partial charge in [0, 0.05) is 23.3 Å². The molecule has 1 aliphatic heterocycles. The highest BCUT2D eigenvalue weighted by molar-refractivity contribution is 6.22. The van der Waals surface area contributed by atoms with Gasteiger partial charge in [0.05, 0.1) is 31.4 Å². The van der Waals surface area contributed by atoms with Crippen LogP contribution in [0.3, 0.4) is 0 Å². The summed E-state index contributed by atoms with van der Waals surface area (Å²) in [5, 5.41) is 1.94. The molecule has 3 aromatic rings. The van der Waals surface area contributed by atoms with Crippen molar-refractivity contribution in [2.45, 2.75) is 52.1 Å². The fourth-order valence-corrected chi connectivity index (χ4v) is 4.63. The molecule has 2 atom stereocenters. The summed E-state index contributed by atoms with van der Waals surface area (Å²) in [5.41, 5.74) is 9.73. The Morgan fingerprint density at radius 3 is 2.41 bits per heavy atom. The number of aromatic nitrogens is 1. The molecule has 0 bridgehead atoms. The van der Waals surface area contributed by atoms with Crippen molar-refractivity contribution in [2.75, 3.05) is 14.2 Å². The fraction of sp³-hybridized carbons (Fsp3) is 0.370. The Labute approximate surface area is 199 Å². The molecule has 7 heteroatoms. The lowest BCUT2D eigenvalue weighted by molar-refractivity contribution is 0.0522. The highest BCUT2D eigenvalue weighted by atomic mass is 16.5. The summed E-state index contributed by atoms with van der Waals surface area (Å²) in [6.45, 7) is 7.56. The maximum Gasteiger partial charge on any atom is 0.262 e. The normalized spacial score (nSPS) is 15.9. The van der Waals surface area contributed by atoms with Gasteiger partial charge in [-0.1, -0.05) is 6.07 Å². The minimum absolute atomic E-state index is 0.269. The number of aryl methyl sites for hydroxylation is 2. The summed E-state index contributed by atoms with van der Waals surface area (Å²) in [4.78, 5) is 32.1. The van der Waals surface area contributed by atoms with Crippen LogP contribution in [-0.2, 0) is 6.42 Å². The first kappa shape index (κ1) is 23.7. The van der Waals surface area contributed by atoms with Crippen LogP contribution in [0.4, 0.5) is 0 Å². The van der Waals surface area contributed by atoms with Crippen LogP contribution in [-0.4, -0.2) is 47.5 Å². The number of ether oxygens (including phenoxy) is 2. The zero-order valence-corrected chi connectivity index (χ0v) is 20.6. The number of hydrogen-bond donors (Lipinski definition) is 1. The van der Waals surface area contributed by atoms with Crippen LogP contribution in [0, 0.1) is 13.8 Å². The third-order valence-electron chi connectivity index (χ3n) is 7.24. The lowest BCUT2D eigenvalue weighted by Gasteiger charge is -2.37. The lowest BCUT2D eigenvalue weighted by atomic mass is 9.86. The van der Waals surface area contributed by atoms with E-state index in [-0.39, 0.29) is 11.8 Å². The largest absolute Gasteiger partial charge is 0.493 e. The standard InChI is InChI=1S/C27H31N3O4/c1-15-7-8-20-24(16(15)2)26(32)30(25(20)31)17(3)27(4,28)10-9-18-13-29-14-19-11-22(33-5)23(34-6)12-21(18)19/h7-8,11-14,17H,9-10,28H2,1-6H3. The van der Waals surface area contributed by atoms with E-state index >= 15 is 0 Å². The van der Waals surface area contributed by atoms with E-state index in [1.165, 1.54) is 4.90 Å². The Kier molecular flexibility index (Phi) is 6.08. The molecule has 2 unspecified atom stereocenters. The molecule has 0 spiro atoms. The van der Waals surface area contributed by atoms with Crippen molar-refractivity contribution in [1.29, 1.82) is 0 Å². The van der Waals surface area contributed by atoms with Crippen molar-refractivity contribution >= 4 is 22.6 Å². The molecule has 7 nitrogen and oxygen atoms in total. The fourth-order valence-electron chi connectivity index (χ4n) is 4.63. The number of fused-ring (bicyclic) bond motifs is 2. The van der Waals surface area contributed by atoms with Crippen molar-refractivity contribution in [1.82, 2.24) is 9.88 Å². The number of rotatable bonds is 7. The Morgan fingerprint density at radius 1 is 1.06 bits per heavy atom. The molecular weight excluding hydrogens is 430 g/mol. The number of hydrogen-bond acceptors (Lipinski definition) is 6. The summed E-state index contributed by atoms with van der Waals surface area (Å²) >= 11 is 0. The van der Waals surface area contributed by atoms with E-state index in [2.05, 4.69) is 4.98 Å². The van der Waals surface area contributed by atoms with Crippen LogP contribution in [0.2, 0.25) is 0 Å². The average Bonchev–Trinajstić information content (AvgIpc) is 3.08. The van der Waals surface area contributed by atoms with Gasteiger partial charge in [0.25, 0.3) is 11.8 Å². The maximum atomic E-state index is 13.3. The predicted molar refractivity (Wildman–Crippen MR) is 132 cm³/mol. The van der Waals surface area contributed by atoms with Gasteiger partial charge in [-0.3, -0.25) is 19.5 Å². The molecule has 2 aromatic carbocycles. The second-order valence-corrected chi connectivity index (χ2v) is 9.32. The van der Waals surface area contributed by atoms with Gasteiger partial charge in [-0.05, 0) is 80.8 Å². The van der Waals surface area contributed by atoms with Gasteiger partial charge in [0.2, 0.25) is 0 Å². The molecule has 1 aromatic heterocycles. The molecule has 2 N–H and O–H groups in total. The number of nitrogens with zero attached hydrogens (tertiary/aromatic N) is 2. The smallest absolute Gasteiger partial charge is 0.262 e. The van der Waals surface area contributed by atoms with Crippen LogP contribution >= 0.6 is 0 Å². The minimum atomic E-state index is -0.810. The average molecular weight is 462 g/mol. The van der Waals surface area contributed by atoms with Crippen molar-refractivity contribution in [3.05, 3.63) is 64.5 Å². The Morgan fingerprint density at radius 2 is 1.74 bits per heavy atom. The number of methoxy groups -OCH3 is 2. The first-order valence-corrected chi connectivity index (χ1v) is 11.4. The highest BCUT2D eigenvalue weighted by Gasteiger charge is 2.44. The third-order valence-corrected chi connectivity index (χ3v) is 7.24. The van der Waals surface area contributed by atoms with Gasteiger partial charge in [0.1, 0.15) is 0 Å². The van der Waals surface area contributed by atoms with Crippen molar-refractivity contribution in [3.63, 3.8) is 0 Å². The zero-order chi connectivity index (χ0) is 24.8. The molecular formula is C27H31N3O4. The number of pyridine rings is 1. The van der Waals surface area contributed by atoms with Gasteiger partial charge in [-0.25, -0.2) is 0 Å². The van der Waals surface area contributed by atoms with E-state index in [1.54, 1.807) is 26.5 Å². The van der Waals surface area contributed by atoms with Gasteiger partial charge >= 0.3 is 0 Å². The zero-order valence-electron chi connectivity index (χ0n) is 20.6. The number of benzene rings is 2. The third kappa shape index (κ3) is 3.80. The number of carbonyl (C=O) groups excluding carboxylic acids is 2. The van der Waals surface area contributed by atoms with E-state index < -0.39 is 11.6 Å². The molecule has 1 aliphatic rings. The Bertz CT molecular complexity index is 1300. The van der Waals surface area contributed by atoms with Crippen molar-refractivity contribution in [2.24, 2.45) is 5.73 Å². The van der Waals surface area contributed by atoms with Gasteiger partial charge < -0.3 is 15.2 Å². The second kappa shape index (κ2) is 8.72. The SMILES string of the molecule is COc1cc2cncc(CCC(C)(N)C(C)N3C(=O)c4ccc(C)c(C)c4C3=O)c2cc1OC. The van der Waals surface area contributed by atoms with E-state index in [1.807, 2.05) is 52.1 Å². The summed E-state index contributed by atoms with van der Waals surface area (Å²) in [6, 6.07) is 6.97. The van der Waals surface area contributed by atoms with Crippen LogP contribution in [0.25, 0.3) is 10.8 Å². The predicted octanol–water partition coefficient (Wildman–Crippen LogP) is 4.20.